The lowest BCUT2D eigenvalue weighted by molar-refractivity contribution is 0.321. The van der Waals surface area contributed by atoms with E-state index < -0.39 is 10.1 Å². The van der Waals surface area contributed by atoms with Crippen LogP contribution in [0.5, 0.6) is 17.2 Å². The van der Waals surface area contributed by atoms with Gasteiger partial charge in [0.15, 0.2) is 11.5 Å². The van der Waals surface area contributed by atoms with Crippen LogP contribution in [0.15, 0.2) is 59.5 Å². The first-order valence-electron chi connectivity index (χ1n) is 10.2. The molecule has 3 aromatic rings. The molecule has 3 rings (SSSR count). The molecule has 6 nitrogen and oxygen atoms in total. The van der Waals surface area contributed by atoms with Gasteiger partial charge in [-0.3, -0.25) is 4.18 Å². The van der Waals surface area contributed by atoms with Gasteiger partial charge < -0.3 is 14.2 Å². The highest BCUT2D eigenvalue weighted by Crippen LogP contribution is 2.43. The Morgan fingerprint density at radius 3 is 2.12 bits per heavy atom. The Labute approximate surface area is 195 Å². The third kappa shape index (κ3) is 5.30. The molecule has 0 amide bonds. The molecule has 0 aliphatic carbocycles. The van der Waals surface area contributed by atoms with Crippen molar-refractivity contribution >= 4 is 10.1 Å². The minimum absolute atomic E-state index is 0.0809. The summed E-state index contributed by atoms with van der Waals surface area (Å²) in [7, 11) is 0.786. The fourth-order valence-corrected chi connectivity index (χ4v) is 4.39. The molecule has 0 saturated carbocycles. The maximum absolute atomic E-state index is 12.5. The highest BCUT2D eigenvalue weighted by Gasteiger charge is 2.21. The van der Waals surface area contributed by atoms with Crippen molar-refractivity contribution in [1.29, 1.82) is 0 Å². The van der Waals surface area contributed by atoms with E-state index in [1.807, 2.05) is 31.2 Å². The third-order valence-electron chi connectivity index (χ3n) is 5.19. The van der Waals surface area contributed by atoms with Crippen LogP contribution < -0.4 is 14.2 Å². The number of methoxy groups -OCH3 is 3. The highest BCUT2D eigenvalue weighted by molar-refractivity contribution is 7.86. The lowest BCUT2D eigenvalue weighted by atomic mass is 9.92. The number of aryl methyl sites for hydroxylation is 1. The van der Waals surface area contributed by atoms with Crippen molar-refractivity contribution in [3.05, 3.63) is 71.3 Å². The van der Waals surface area contributed by atoms with E-state index in [-0.39, 0.29) is 17.9 Å². The second-order valence-corrected chi connectivity index (χ2v) is 8.85. The van der Waals surface area contributed by atoms with Gasteiger partial charge in [0.05, 0.1) is 32.8 Å². The van der Waals surface area contributed by atoms with Gasteiger partial charge in [0.25, 0.3) is 10.1 Å². The molecule has 0 fully saturated rings. The average molecular weight is 467 g/mol. The van der Waals surface area contributed by atoms with E-state index in [0.29, 0.717) is 33.9 Å². The summed E-state index contributed by atoms with van der Waals surface area (Å²) in [6, 6.07) is 15.6. The van der Waals surface area contributed by atoms with Crippen LogP contribution >= 0.6 is 0 Å². The number of terminal acetylenes is 1. The second-order valence-electron chi connectivity index (χ2n) is 7.23. The second kappa shape index (κ2) is 10.4. The Bertz CT molecular complexity index is 1250. The molecule has 0 aliphatic heterocycles. The molecule has 172 valence electrons. The first-order valence-corrected chi connectivity index (χ1v) is 11.6. The molecule has 0 spiro atoms. The predicted molar refractivity (Wildman–Crippen MR) is 127 cm³/mol. The molecule has 0 unspecified atom stereocenters. The number of ether oxygens (including phenoxy) is 3. The van der Waals surface area contributed by atoms with Crippen LogP contribution in [-0.4, -0.2) is 36.4 Å². The van der Waals surface area contributed by atoms with Crippen LogP contribution in [0.25, 0.3) is 11.1 Å². The molecule has 0 aromatic heterocycles. The Kier molecular flexibility index (Phi) is 7.64. The summed E-state index contributed by atoms with van der Waals surface area (Å²) < 4.78 is 46.8. The first kappa shape index (κ1) is 24.2. The molecule has 0 atom stereocenters. The zero-order valence-electron chi connectivity index (χ0n) is 19.0. The van der Waals surface area contributed by atoms with Gasteiger partial charge in [0.2, 0.25) is 0 Å². The third-order valence-corrected chi connectivity index (χ3v) is 6.52. The number of rotatable bonds is 9. The molecule has 0 saturated heterocycles. The zero-order chi connectivity index (χ0) is 24.0. The fraction of sp³-hybridized carbons (Fsp3) is 0.231. The summed E-state index contributed by atoms with van der Waals surface area (Å²) >= 11 is 0. The minimum atomic E-state index is -3.89. The Morgan fingerprint density at radius 1 is 0.909 bits per heavy atom. The van der Waals surface area contributed by atoms with Gasteiger partial charge in [-0.15, -0.1) is 6.42 Å². The Morgan fingerprint density at radius 2 is 1.58 bits per heavy atom. The van der Waals surface area contributed by atoms with Crippen molar-refractivity contribution in [2.45, 2.75) is 18.2 Å². The van der Waals surface area contributed by atoms with E-state index in [1.54, 1.807) is 32.4 Å². The van der Waals surface area contributed by atoms with Gasteiger partial charge in [0, 0.05) is 11.1 Å². The number of hydrogen-bond acceptors (Lipinski definition) is 6. The van der Waals surface area contributed by atoms with E-state index in [9.17, 15) is 8.42 Å². The molecule has 3 aromatic carbocycles. The summed E-state index contributed by atoms with van der Waals surface area (Å²) in [6.45, 7) is 1.80. The van der Waals surface area contributed by atoms with E-state index in [2.05, 4.69) is 5.92 Å². The van der Waals surface area contributed by atoms with Crippen molar-refractivity contribution < 1.29 is 26.8 Å². The van der Waals surface area contributed by atoms with Crippen LogP contribution in [0.4, 0.5) is 0 Å². The van der Waals surface area contributed by atoms with Crippen molar-refractivity contribution in [2.24, 2.45) is 0 Å². The van der Waals surface area contributed by atoms with Gasteiger partial charge in [0.1, 0.15) is 5.75 Å². The van der Waals surface area contributed by atoms with Crippen molar-refractivity contribution in [2.75, 3.05) is 27.9 Å². The lowest BCUT2D eigenvalue weighted by Crippen LogP contribution is -2.10. The fourth-order valence-electron chi connectivity index (χ4n) is 3.48. The zero-order valence-corrected chi connectivity index (χ0v) is 19.9. The molecule has 0 bridgehead atoms. The molecular weight excluding hydrogens is 440 g/mol. The smallest absolute Gasteiger partial charge is 0.296 e. The Hall–Kier alpha value is -3.47. The number of hydrogen-bond donors (Lipinski definition) is 0. The van der Waals surface area contributed by atoms with Crippen LogP contribution in [0.1, 0.15) is 16.7 Å². The van der Waals surface area contributed by atoms with Gasteiger partial charge in [-0.1, -0.05) is 35.7 Å². The summed E-state index contributed by atoms with van der Waals surface area (Å²) in [5, 5.41) is 0. The SMILES string of the molecule is C#Cc1c(CCOS(=O)(=O)c2ccc(C)cc2)cc(OC)c(OC)c1-c1ccc(OC)cc1. The lowest BCUT2D eigenvalue weighted by Gasteiger charge is -2.19. The average Bonchev–Trinajstić information content (AvgIpc) is 2.83. The largest absolute Gasteiger partial charge is 0.497 e. The quantitative estimate of drug-likeness (QED) is 0.339. The molecule has 33 heavy (non-hydrogen) atoms. The summed E-state index contributed by atoms with van der Waals surface area (Å²) in [5.41, 5.74) is 3.74. The summed E-state index contributed by atoms with van der Waals surface area (Å²) in [6.07, 6.45) is 6.15. The molecule has 0 N–H and O–H groups in total. The molecule has 0 aliphatic rings. The van der Waals surface area contributed by atoms with E-state index in [1.165, 1.54) is 19.2 Å². The number of benzene rings is 3. The van der Waals surface area contributed by atoms with Crippen LogP contribution in [0.3, 0.4) is 0 Å². The summed E-state index contributed by atoms with van der Waals surface area (Å²) in [4.78, 5) is 0.108. The molecule has 0 heterocycles. The maximum atomic E-state index is 12.5. The Balaban J connectivity index is 1.96. The monoisotopic (exact) mass is 466 g/mol. The van der Waals surface area contributed by atoms with Crippen molar-refractivity contribution in [3.8, 4) is 40.7 Å². The maximum Gasteiger partial charge on any atom is 0.296 e. The van der Waals surface area contributed by atoms with Gasteiger partial charge in [-0.2, -0.15) is 8.42 Å². The molecule has 0 radical (unpaired) electrons. The molecular formula is C26H26O6S. The first-order chi connectivity index (χ1) is 15.8. The van der Waals surface area contributed by atoms with E-state index in [4.69, 9.17) is 24.8 Å². The van der Waals surface area contributed by atoms with Gasteiger partial charge in [-0.25, -0.2) is 0 Å². The van der Waals surface area contributed by atoms with Gasteiger partial charge >= 0.3 is 0 Å². The topological polar surface area (TPSA) is 71.1 Å². The van der Waals surface area contributed by atoms with Gasteiger partial charge in [-0.05, 0) is 54.8 Å². The highest BCUT2D eigenvalue weighted by atomic mass is 32.2. The van der Waals surface area contributed by atoms with E-state index >= 15 is 0 Å². The predicted octanol–water partition coefficient (Wildman–Crippen LogP) is 4.62. The normalized spacial score (nSPS) is 11.0. The standard InChI is InChI=1S/C26H26O6S/c1-6-23-20(15-16-32-33(27,28)22-13-7-18(2)8-14-22)17-24(30-4)26(31-5)25(23)19-9-11-21(29-3)12-10-19/h1,7-14,17H,15-16H2,2-5H3. The summed E-state index contributed by atoms with van der Waals surface area (Å²) in [5.74, 6) is 4.42. The van der Waals surface area contributed by atoms with Crippen LogP contribution in [0.2, 0.25) is 0 Å². The molecule has 7 heteroatoms. The van der Waals surface area contributed by atoms with Crippen LogP contribution in [0, 0.1) is 19.3 Å². The van der Waals surface area contributed by atoms with Crippen LogP contribution in [-0.2, 0) is 20.7 Å². The van der Waals surface area contributed by atoms with Crippen molar-refractivity contribution in [3.63, 3.8) is 0 Å². The van der Waals surface area contributed by atoms with E-state index in [0.717, 1.165) is 11.1 Å². The minimum Gasteiger partial charge on any atom is -0.497 e. The van der Waals surface area contributed by atoms with Crippen molar-refractivity contribution in [1.82, 2.24) is 0 Å².